The van der Waals surface area contributed by atoms with Crippen LogP contribution in [0.4, 0.5) is 5.69 Å². The molecule has 5 nitrogen and oxygen atoms in total. The maximum atomic E-state index is 12.2. The Labute approximate surface area is 126 Å². The molecule has 0 bridgehead atoms. The Kier molecular flexibility index (Phi) is 5.00. The van der Waals surface area contributed by atoms with E-state index < -0.39 is 9.84 Å². The largest absolute Gasteiger partial charge is 0.325 e. The van der Waals surface area contributed by atoms with E-state index in [0.717, 1.165) is 19.4 Å². The van der Waals surface area contributed by atoms with Crippen molar-refractivity contribution in [3.05, 3.63) is 24.3 Å². The highest BCUT2D eigenvalue weighted by Gasteiger charge is 2.27. The molecule has 21 heavy (non-hydrogen) atoms. The second-order valence-corrected chi connectivity index (χ2v) is 7.75. The quantitative estimate of drug-likeness (QED) is 0.889. The van der Waals surface area contributed by atoms with Crippen LogP contribution in [0.5, 0.6) is 0 Å². The topological polar surface area (TPSA) is 75.3 Å². The second kappa shape index (κ2) is 6.58. The average molecular weight is 310 g/mol. The van der Waals surface area contributed by atoms with Crippen LogP contribution in [-0.2, 0) is 14.6 Å². The Balaban J connectivity index is 2.05. The summed E-state index contributed by atoms with van der Waals surface area (Å²) in [6, 6.07) is 6.15. The lowest BCUT2D eigenvalue weighted by molar-refractivity contribution is -0.119. The second-order valence-electron chi connectivity index (χ2n) is 5.47. The Morgan fingerprint density at radius 2 is 2.00 bits per heavy atom. The third-order valence-electron chi connectivity index (χ3n) is 3.91. The Bertz CT molecular complexity index is 596. The van der Waals surface area contributed by atoms with Gasteiger partial charge in [0.1, 0.15) is 0 Å². The molecule has 1 fully saturated rings. The number of hydrogen-bond acceptors (Lipinski definition) is 4. The highest BCUT2D eigenvalue weighted by Crippen LogP contribution is 2.19. The van der Waals surface area contributed by atoms with Gasteiger partial charge in [0, 0.05) is 5.69 Å². The lowest BCUT2D eigenvalue weighted by Crippen LogP contribution is -2.48. The summed E-state index contributed by atoms with van der Waals surface area (Å²) < 4.78 is 23.5. The maximum absolute atomic E-state index is 12.2. The third-order valence-corrected chi connectivity index (χ3v) is 5.66. The van der Waals surface area contributed by atoms with Gasteiger partial charge in [-0.2, -0.15) is 0 Å². The molecule has 0 aliphatic carbocycles. The van der Waals surface area contributed by atoms with Gasteiger partial charge in [0.2, 0.25) is 5.91 Å². The molecule has 2 rings (SSSR count). The van der Waals surface area contributed by atoms with Crippen LogP contribution in [0.3, 0.4) is 0 Å². The van der Waals surface area contributed by atoms with Gasteiger partial charge in [0.05, 0.1) is 16.7 Å². The molecule has 1 aromatic carbocycles. The molecule has 1 aliphatic rings. The SMILES string of the molecule is CCS(=O)(=O)c1ccc(NC(=O)C2NCCCC2C)cc1. The molecule has 0 aromatic heterocycles. The predicted octanol–water partition coefficient (Wildman–Crippen LogP) is 1.81. The van der Waals surface area contributed by atoms with Crippen molar-refractivity contribution < 1.29 is 13.2 Å². The fourth-order valence-corrected chi connectivity index (χ4v) is 3.42. The fourth-order valence-electron chi connectivity index (χ4n) is 2.53. The van der Waals surface area contributed by atoms with Crippen molar-refractivity contribution >= 4 is 21.4 Å². The van der Waals surface area contributed by atoms with E-state index in [9.17, 15) is 13.2 Å². The van der Waals surface area contributed by atoms with Gasteiger partial charge in [-0.3, -0.25) is 4.79 Å². The van der Waals surface area contributed by atoms with Gasteiger partial charge in [-0.15, -0.1) is 0 Å². The lowest BCUT2D eigenvalue weighted by atomic mass is 9.92. The first kappa shape index (κ1) is 16.0. The number of nitrogens with one attached hydrogen (secondary N) is 2. The van der Waals surface area contributed by atoms with Crippen molar-refractivity contribution in [2.24, 2.45) is 5.92 Å². The summed E-state index contributed by atoms with van der Waals surface area (Å²) in [5, 5.41) is 6.07. The Hall–Kier alpha value is -1.40. The molecule has 0 radical (unpaired) electrons. The van der Waals surface area contributed by atoms with Crippen LogP contribution < -0.4 is 10.6 Å². The number of rotatable bonds is 4. The number of amides is 1. The van der Waals surface area contributed by atoms with Crippen molar-refractivity contribution in [1.82, 2.24) is 5.32 Å². The fraction of sp³-hybridized carbons (Fsp3) is 0.533. The summed E-state index contributed by atoms with van der Waals surface area (Å²) >= 11 is 0. The zero-order valence-electron chi connectivity index (χ0n) is 12.4. The van der Waals surface area contributed by atoms with Gasteiger partial charge < -0.3 is 10.6 Å². The Morgan fingerprint density at radius 3 is 2.57 bits per heavy atom. The Morgan fingerprint density at radius 1 is 1.33 bits per heavy atom. The molecule has 1 aromatic rings. The number of anilines is 1. The summed E-state index contributed by atoms with van der Waals surface area (Å²) in [6.45, 7) is 4.53. The first-order chi connectivity index (χ1) is 9.94. The maximum Gasteiger partial charge on any atom is 0.241 e. The van der Waals surface area contributed by atoms with Crippen molar-refractivity contribution in [1.29, 1.82) is 0 Å². The smallest absolute Gasteiger partial charge is 0.241 e. The lowest BCUT2D eigenvalue weighted by Gasteiger charge is -2.28. The van der Waals surface area contributed by atoms with E-state index in [2.05, 4.69) is 17.6 Å². The van der Waals surface area contributed by atoms with Crippen LogP contribution in [0, 0.1) is 5.92 Å². The summed E-state index contributed by atoms with van der Waals surface area (Å²) in [5.74, 6) is 0.314. The van der Waals surface area contributed by atoms with E-state index >= 15 is 0 Å². The van der Waals surface area contributed by atoms with Gasteiger partial charge in [-0.25, -0.2) is 8.42 Å². The van der Waals surface area contributed by atoms with E-state index in [1.165, 1.54) is 12.1 Å². The number of piperidine rings is 1. The molecule has 2 N–H and O–H groups in total. The van der Waals surface area contributed by atoms with E-state index in [0.29, 0.717) is 11.6 Å². The first-order valence-corrected chi connectivity index (χ1v) is 8.96. The zero-order valence-corrected chi connectivity index (χ0v) is 13.2. The molecule has 1 aliphatic heterocycles. The molecule has 0 saturated carbocycles. The van der Waals surface area contributed by atoms with E-state index in [1.54, 1.807) is 19.1 Å². The summed E-state index contributed by atoms with van der Waals surface area (Å²) in [5.41, 5.74) is 0.620. The molecule has 0 spiro atoms. The summed E-state index contributed by atoms with van der Waals surface area (Å²) in [7, 11) is -3.20. The van der Waals surface area contributed by atoms with Gasteiger partial charge in [0.15, 0.2) is 9.84 Å². The van der Waals surface area contributed by atoms with Crippen molar-refractivity contribution in [3.63, 3.8) is 0 Å². The van der Waals surface area contributed by atoms with Crippen molar-refractivity contribution in [2.75, 3.05) is 17.6 Å². The standard InChI is InChI=1S/C15H22N2O3S/c1-3-21(19,20)13-8-6-12(7-9-13)17-15(18)14-11(2)5-4-10-16-14/h6-9,11,14,16H,3-5,10H2,1-2H3,(H,17,18). The average Bonchev–Trinajstić information content (AvgIpc) is 2.48. The highest BCUT2D eigenvalue weighted by atomic mass is 32.2. The molecule has 2 atom stereocenters. The number of hydrogen-bond donors (Lipinski definition) is 2. The molecular weight excluding hydrogens is 288 g/mol. The first-order valence-electron chi connectivity index (χ1n) is 7.31. The van der Waals surface area contributed by atoms with Crippen LogP contribution in [0.2, 0.25) is 0 Å². The summed E-state index contributed by atoms with van der Waals surface area (Å²) in [6.07, 6.45) is 2.13. The minimum Gasteiger partial charge on any atom is -0.325 e. The zero-order chi connectivity index (χ0) is 15.5. The molecule has 1 amide bonds. The van der Waals surface area contributed by atoms with Gasteiger partial charge in [-0.1, -0.05) is 13.8 Å². The number of carbonyl (C=O) groups excluding carboxylic acids is 1. The monoisotopic (exact) mass is 310 g/mol. The van der Waals surface area contributed by atoms with E-state index in [4.69, 9.17) is 0 Å². The van der Waals surface area contributed by atoms with Crippen LogP contribution in [0.25, 0.3) is 0 Å². The molecule has 1 saturated heterocycles. The molecule has 116 valence electrons. The number of carbonyl (C=O) groups is 1. The minimum absolute atomic E-state index is 0.0618. The number of sulfone groups is 1. The van der Waals surface area contributed by atoms with Crippen LogP contribution in [0.1, 0.15) is 26.7 Å². The molecule has 1 heterocycles. The van der Waals surface area contributed by atoms with Gasteiger partial charge in [-0.05, 0) is 49.6 Å². The molecular formula is C15H22N2O3S. The normalized spacial score (nSPS) is 22.8. The van der Waals surface area contributed by atoms with Crippen LogP contribution in [-0.4, -0.2) is 32.7 Å². The molecule has 2 unspecified atom stereocenters. The minimum atomic E-state index is -3.20. The van der Waals surface area contributed by atoms with Crippen molar-refractivity contribution in [2.45, 2.75) is 37.6 Å². The van der Waals surface area contributed by atoms with Crippen LogP contribution in [0.15, 0.2) is 29.2 Å². The molecule has 6 heteroatoms. The van der Waals surface area contributed by atoms with Gasteiger partial charge >= 0.3 is 0 Å². The van der Waals surface area contributed by atoms with Gasteiger partial charge in [0.25, 0.3) is 0 Å². The van der Waals surface area contributed by atoms with Crippen LogP contribution >= 0.6 is 0 Å². The third kappa shape index (κ3) is 3.83. The summed E-state index contributed by atoms with van der Waals surface area (Å²) in [4.78, 5) is 12.5. The number of benzene rings is 1. The van der Waals surface area contributed by atoms with E-state index in [1.807, 2.05) is 0 Å². The van der Waals surface area contributed by atoms with Crippen molar-refractivity contribution in [3.8, 4) is 0 Å². The van der Waals surface area contributed by atoms with E-state index in [-0.39, 0.29) is 22.6 Å². The highest BCUT2D eigenvalue weighted by molar-refractivity contribution is 7.91. The predicted molar refractivity (Wildman–Crippen MR) is 83.0 cm³/mol.